The summed E-state index contributed by atoms with van der Waals surface area (Å²) < 4.78 is 27.1. The molecule has 0 radical (unpaired) electrons. The van der Waals surface area contributed by atoms with E-state index in [-0.39, 0.29) is 16.1 Å². The van der Waals surface area contributed by atoms with Crippen molar-refractivity contribution >= 4 is 43.9 Å². The summed E-state index contributed by atoms with van der Waals surface area (Å²) in [4.78, 5) is 25.4. The molecule has 0 aliphatic heterocycles. The Balaban J connectivity index is 1.53. The van der Waals surface area contributed by atoms with Crippen molar-refractivity contribution in [1.82, 2.24) is 4.72 Å². The Morgan fingerprint density at radius 1 is 0.765 bits per heavy atom. The number of carbonyl (C=O) groups excluding carboxylic acids is 2. The van der Waals surface area contributed by atoms with Crippen LogP contribution in [0.25, 0.3) is 16.3 Å². The van der Waals surface area contributed by atoms with Gasteiger partial charge in [0.1, 0.15) is 0 Å². The molecule has 0 aromatic heterocycles. The van der Waals surface area contributed by atoms with Crippen molar-refractivity contribution < 1.29 is 18.0 Å². The van der Waals surface area contributed by atoms with Crippen molar-refractivity contribution in [2.75, 3.05) is 5.32 Å². The number of allylic oxidation sites excluding steroid dienone is 1. The maximum atomic E-state index is 12.7. The molecule has 4 aromatic carbocycles. The van der Waals surface area contributed by atoms with Gasteiger partial charge in [-0.25, -0.2) is 13.1 Å². The molecule has 0 spiro atoms. The van der Waals surface area contributed by atoms with E-state index in [9.17, 15) is 18.0 Å². The average Bonchev–Trinajstić information content (AvgIpc) is 2.84. The average molecular weight is 471 g/mol. The molecular formula is C27H22N2O4S. The van der Waals surface area contributed by atoms with E-state index in [1.54, 1.807) is 36.4 Å². The first-order chi connectivity index (χ1) is 16.3. The molecule has 0 fully saturated rings. The summed E-state index contributed by atoms with van der Waals surface area (Å²) in [5.74, 6) is -1.27. The fourth-order valence-corrected chi connectivity index (χ4v) is 4.50. The van der Waals surface area contributed by atoms with Crippen LogP contribution in [-0.2, 0) is 14.8 Å². The fraction of sp³-hybridized carbons (Fsp3) is 0.0370. The van der Waals surface area contributed by atoms with Crippen LogP contribution in [0.15, 0.2) is 108 Å². The Morgan fingerprint density at radius 3 is 2.18 bits per heavy atom. The number of sulfonamides is 1. The van der Waals surface area contributed by atoms with Crippen molar-refractivity contribution in [1.29, 1.82) is 0 Å². The minimum absolute atomic E-state index is 0.0289. The fourth-order valence-electron chi connectivity index (χ4n) is 3.51. The summed E-state index contributed by atoms with van der Waals surface area (Å²) in [5, 5.41) is 4.85. The van der Waals surface area contributed by atoms with E-state index in [4.69, 9.17) is 0 Å². The van der Waals surface area contributed by atoms with Crippen LogP contribution in [0.2, 0.25) is 0 Å². The zero-order valence-corrected chi connectivity index (χ0v) is 19.2. The molecule has 0 unspecified atom stereocenters. The predicted molar refractivity (Wildman–Crippen MR) is 134 cm³/mol. The summed E-state index contributed by atoms with van der Waals surface area (Å²) >= 11 is 0. The zero-order valence-electron chi connectivity index (χ0n) is 18.4. The number of nitrogens with one attached hydrogen (secondary N) is 2. The number of hydrogen-bond acceptors (Lipinski definition) is 4. The number of benzene rings is 4. The van der Waals surface area contributed by atoms with Crippen LogP contribution in [-0.4, -0.2) is 20.2 Å². The van der Waals surface area contributed by atoms with Crippen LogP contribution in [0.4, 0.5) is 5.69 Å². The number of para-hydroxylation sites is 1. The molecule has 170 valence electrons. The van der Waals surface area contributed by atoms with Gasteiger partial charge >= 0.3 is 0 Å². The van der Waals surface area contributed by atoms with Gasteiger partial charge in [-0.1, -0.05) is 66.7 Å². The van der Waals surface area contributed by atoms with Gasteiger partial charge in [-0.3, -0.25) is 9.59 Å². The Morgan fingerprint density at radius 2 is 1.41 bits per heavy atom. The first kappa shape index (κ1) is 22.9. The van der Waals surface area contributed by atoms with Gasteiger partial charge < -0.3 is 5.32 Å². The molecule has 0 heterocycles. The number of amides is 2. The van der Waals surface area contributed by atoms with Crippen molar-refractivity contribution in [3.05, 3.63) is 114 Å². The summed E-state index contributed by atoms with van der Waals surface area (Å²) in [7, 11) is -4.05. The third kappa shape index (κ3) is 5.22. The largest absolute Gasteiger partial charge is 0.322 e. The molecule has 2 N–H and O–H groups in total. The zero-order chi connectivity index (χ0) is 24.1. The van der Waals surface area contributed by atoms with Crippen LogP contribution in [0, 0.1) is 0 Å². The molecule has 0 aliphatic carbocycles. The van der Waals surface area contributed by atoms with Crippen LogP contribution < -0.4 is 10.0 Å². The summed E-state index contributed by atoms with van der Waals surface area (Å²) in [5.41, 5.74) is 1.88. The molecule has 34 heavy (non-hydrogen) atoms. The van der Waals surface area contributed by atoms with Crippen molar-refractivity contribution in [2.45, 2.75) is 11.8 Å². The standard InChI is InChI=1S/C27H22N2O4S/c1-19(21-16-15-20-9-5-6-10-22(20)18-21)17-26(30)28-25-14-8-7-13-24(25)27(31)29-34(32,33)23-11-3-2-4-12-23/h2-18H,1H3,(H,28,30)(H,29,31)/b19-17-. The quantitative estimate of drug-likeness (QED) is 0.388. The number of anilines is 1. The number of carbonyl (C=O) groups is 2. The Hall–Kier alpha value is -4.23. The second-order valence-electron chi connectivity index (χ2n) is 7.67. The molecule has 2 amide bonds. The van der Waals surface area contributed by atoms with E-state index in [2.05, 4.69) is 10.0 Å². The maximum Gasteiger partial charge on any atom is 0.267 e. The third-order valence-corrected chi connectivity index (χ3v) is 6.61. The second-order valence-corrected chi connectivity index (χ2v) is 9.35. The van der Waals surface area contributed by atoms with Gasteiger partial charge in [0, 0.05) is 6.08 Å². The van der Waals surface area contributed by atoms with E-state index in [1.165, 1.54) is 24.3 Å². The molecular weight excluding hydrogens is 448 g/mol. The van der Waals surface area contributed by atoms with E-state index >= 15 is 0 Å². The minimum Gasteiger partial charge on any atom is -0.322 e. The predicted octanol–water partition coefficient (Wildman–Crippen LogP) is 5.00. The lowest BCUT2D eigenvalue weighted by molar-refractivity contribution is -0.111. The second kappa shape index (κ2) is 9.72. The maximum absolute atomic E-state index is 12.7. The lowest BCUT2D eigenvalue weighted by atomic mass is 10.0. The van der Waals surface area contributed by atoms with E-state index in [1.807, 2.05) is 49.4 Å². The van der Waals surface area contributed by atoms with Gasteiger partial charge in [0.15, 0.2) is 0 Å². The summed E-state index contributed by atoms with van der Waals surface area (Å²) in [6, 6.07) is 27.7. The van der Waals surface area contributed by atoms with Crippen molar-refractivity contribution in [3.8, 4) is 0 Å². The van der Waals surface area contributed by atoms with Crippen molar-refractivity contribution in [2.24, 2.45) is 0 Å². The van der Waals surface area contributed by atoms with E-state index < -0.39 is 21.8 Å². The summed E-state index contributed by atoms with van der Waals surface area (Å²) in [6.45, 7) is 1.83. The molecule has 0 saturated heterocycles. The van der Waals surface area contributed by atoms with Gasteiger partial charge in [0.25, 0.3) is 15.9 Å². The summed E-state index contributed by atoms with van der Waals surface area (Å²) in [6.07, 6.45) is 1.44. The molecule has 0 saturated carbocycles. The highest BCUT2D eigenvalue weighted by Crippen LogP contribution is 2.22. The van der Waals surface area contributed by atoms with Crippen molar-refractivity contribution in [3.63, 3.8) is 0 Å². The first-order valence-electron chi connectivity index (χ1n) is 10.5. The molecule has 0 atom stereocenters. The highest BCUT2D eigenvalue weighted by atomic mass is 32.2. The topological polar surface area (TPSA) is 92.3 Å². The van der Waals surface area contributed by atoms with Gasteiger partial charge in [-0.15, -0.1) is 0 Å². The smallest absolute Gasteiger partial charge is 0.267 e. The molecule has 0 aliphatic rings. The van der Waals surface area contributed by atoms with Gasteiger partial charge in [0.05, 0.1) is 16.1 Å². The Kier molecular flexibility index (Phi) is 6.56. The molecule has 0 bridgehead atoms. The number of hydrogen-bond donors (Lipinski definition) is 2. The van der Waals surface area contributed by atoms with E-state index in [0.29, 0.717) is 0 Å². The first-order valence-corrected chi connectivity index (χ1v) is 12.0. The molecule has 4 rings (SSSR count). The van der Waals surface area contributed by atoms with Gasteiger partial charge in [-0.2, -0.15) is 0 Å². The Bertz CT molecular complexity index is 1510. The van der Waals surface area contributed by atoms with Crippen LogP contribution >= 0.6 is 0 Å². The highest BCUT2D eigenvalue weighted by Gasteiger charge is 2.20. The third-order valence-electron chi connectivity index (χ3n) is 5.26. The molecule has 4 aromatic rings. The molecule has 7 heteroatoms. The highest BCUT2D eigenvalue weighted by molar-refractivity contribution is 7.90. The lowest BCUT2D eigenvalue weighted by Crippen LogP contribution is -2.31. The van der Waals surface area contributed by atoms with E-state index in [0.717, 1.165) is 21.9 Å². The van der Waals surface area contributed by atoms with Crippen LogP contribution in [0.5, 0.6) is 0 Å². The normalized spacial score (nSPS) is 11.7. The van der Waals surface area contributed by atoms with Crippen LogP contribution in [0.3, 0.4) is 0 Å². The number of rotatable bonds is 6. The lowest BCUT2D eigenvalue weighted by Gasteiger charge is -2.11. The Labute approximate surface area is 198 Å². The van der Waals surface area contributed by atoms with Gasteiger partial charge in [0.2, 0.25) is 5.91 Å². The minimum atomic E-state index is -4.05. The van der Waals surface area contributed by atoms with Crippen LogP contribution in [0.1, 0.15) is 22.8 Å². The molecule has 6 nitrogen and oxygen atoms in total. The monoisotopic (exact) mass is 470 g/mol. The number of fused-ring (bicyclic) bond motifs is 1. The SMILES string of the molecule is C/C(=C/C(=O)Nc1ccccc1C(=O)NS(=O)(=O)c1ccccc1)c1ccc2ccccc2c1. The van der Waals surface area contributed by atoms with Gasteiger partial charge in [-0.05, 0) is 59.2 Å².